The molecule has 112 valence electrons. The van der Waals surface area contributed by atoms with Crippen molar-refractivity contribution in [3.8, 4) is 0 Å². The number of nitrogens with two attached hydrogens (primary N) is 1. The van der Waals surface area contributed by atoms with Crippen LogP contribution in [0.5, 0.6) is 0 Å². The molecule has 3 heteroatoms. The van der Waals surface area contributed by atoms with Crippen LogP contribution in [0, 0.1) is 5.92 Å². The van der Waals surface area contributed by atoms with Gasteiger partial charge in [-0.15, -0.1) is 0 Å². The highest BCUT2D eigenvalue weighted by molar-refractivity contribution is 5.81. The molecule has 0 radical (unpaired) electrons. The molecule has 20 heavy (non-hydrogen) atoms. The molecule has 0 bridgehead atoms. The molecule has 0 spiro atoms. The highest BCUT2D eigenvalue weighted by Crippen LogP contribution is 2.14. The molecule has 0 heterocycles. The number of benzene rings is 1. The van der Waals surface area contributed by atoms with E-state index in [2.05, 4.69) is 39.8 Å². The smallest absolute Gasteiger partial charge is 0.240 e. The predicted octanol–water partition coefficient (Wildman–Crippen LogP) is 3.19. The largest absolute Gasteiger partial charge is 0.334 e. The minimum Gasteiger partial charge on any atom is -0.334 e. The second-order valence-corrected chi connectivity index (χ2v) is 5.95. The molecule has 0 saturated carbocycles. The molecule has 3 nitrogen and oxygen atoms in total. The number of nitrogens with zero attached hydrogens (tertiary/aromatic N) is 1. The average molecular weight is 276 g/mol. The van der Waals surface area contributed by atoms with E-state index in [4.69, 9.17) is 5.73 Å². The molecule has 1 aromatic rings. The topological polar surface area (TPSA) is 46.3 Å². The summed E-state index contributed by atoms with van der Waals surface area (Å²) in [4.78, 5) is 14.5. The van der Waals surface area contributed by atoms with E-state index >= 15 is 0 Å². The van der Waals surface area contributed by atoms with Crippen LogP contribution in [0.25, 0.3) is 0 Å². The maximum atomic E-state index is 12.6. The van der Waals surface area contributed by atoms with Gasteiger partial charge in [0.15, 0.2) is 0 Å². The lowest BCUT2D eigenvalue weighted by Crippen LogP contribution is -2.47. The third-order valence-corrected chi connectivity index (χ3v) is 3.64. The summed E-state index contributed by atoms with van der Waals surface area (Å²) in [6, 6.07) is 9.91. The Labute approximate surface area is 123 Å². The zero-order chi connectivity index (χ0) is 15.1. The van der Waals surface area contributed by atoms with Crippen LogP contribution in [0.3, 0.4) is 0 Å². The summed E-state index contributed by atoms with van der Waals surface area (Å²) in [6.45, 7) is 9.02. The summed E-state index contributed by atoms with van der Waals surface area (Å²) in [5.41, 5.74) is 7.22. The van der Waals surface area contributed by atoms with Gasteiger partial charge in [0.25, 0.3) is 0 Å². The van der Waals surface area contributed by atoms with Crippen LogP contribution in [0.15, 0.2) is 30.3 Å². The van der Waals surface area contributed by atoms with E-state index < -0.39 is 6.04 Å². The van der Waals surface area contributed by atoms with Crippen LogP contribution in [0.1, 0.15) is 46.1 Å². The van der Waals surface area contributed by atoms with Gasteiger partial charge in [-0.05, 0) is 31.2 Å². The van der Waals surface area contributed by atoms with Crippen molar-refractivity contribution in [2.75, 3.05) is 0 Å². The molecule has 2 atom stereocenters. The molecule has 0 aliphatic rings. The standard InChI is InChI=1S/C17H28N2O/c1-5-14(4)19(12-15-9-7-6-8-10-15)17(20)16(18)11-13(2)3/h6-10,13-14,16H,5,11-12,18H2,1-4H3/t14?,16-/m1/s1. The molecule has 1 aromatic carbocycles. The van der Waals surface area contributed by atoms with Gasteiger partial charge in [-0.1, -0.05) is 51.1 Å². The van der Waals surface area contributed by atoms with Crippen LogP contribution in [0.4, 0.5) is 0 Å². The van der Waals surface area contributed by atoms with Gasteiger partial charge in [0.05, 0.1) is 6.04 Å². The first kappa shape index (κ1) is 16.7. The van der Waals surface area contributed by atoms with Gasteiger partial charge >= 0.3 is 0 Å². The van der Waals surface area contributed by atoms with E-state index in [0.29, 0.717) is 12.5 Å². The minimum atomic E-state index is -0.396. The fourth-order valence-electron chi connectivity index (χ4n) is 2.27. The Morgan fingerprint density at radius 1 is 1.20 bits per heavy atom. The van der Waals surface area contributed by atoms with E-state index in [9.17, 15) is 4.79 Å². The molecular weight excluding hydrogens is 248 g/mol. The molecule has 0 aromatic heterocycles. The Kier molecular flexibility index (Phi) is 6.73. The van der Waals surface area contributed by atoms with Gasteiger partial charge in [-0.25, -0.2) is 0 Å². The predicted molar refractivity (Wildman–Crippen MR) is 84.2 cm³/mol. The Hall–Kier alpha value is -1.35. The van der Waals surface area contributed by atoms with Gasteiger partial charge in [-0.2, -0.15) is 0 Å². The molecule has 0 aliphatic heterocycles. The first-order chi connectivity index (χ1) is 9.45. The van der Waals surface area contributed by atoms with E-state index in [-0.39, 0.29) is 11.9 Å². The van der Waals surface area contributed by atoms with Gasteiger partial charge in [0, 0.05) is 12.6 Å². The molecule has 2 N–H and O–H groups in total. The Morgan fingerprint density at radius 2 is 1.80 bits per heavy atom. The van der Waals surface area contributed by atoms with Crippen molar-refractivity contribution in [3.05, 3.63) is 35.9 Å². The van der Waals surface area contributed by atoms with Crippen LogP contribution in [-0.4, -0.2) is 22.9 Å². The molecule has 0 saturated heterocycles. The van der Waals surface area contributed by atoms with Gasteiger partial charge < -0.3 is 10.6 Å². The number of carbonyl (C=O) groups is 1. The van der Waals surface area contributed by atoms with Gasteiger partial charge in [0.1, 0.15) is 0 Å². The summed E-state index contributed by atoms with van der Waals surface area (Å²) >= 11 is 0. The number of hydrogen-bond acceptors (Lipinski definition) is 2. The van der Waals surface area contributed by atoms with Crippen molar-refractivity contribution in [1.29, 1.82) is 0 Å². The highest BCUT2D eigenvalue weighted by Gasteiger charge is 2.25. The van der Waals surface area contributed by atoms with E-state index in [1.165, 1.54) is 0 Å². The molecule has 1 amide bonds. The second-order valence-electron chi connectivity index (χ2n) is 5.95. The normalized spacial score (nSPS) is 14.1. The minimum absolute atomic E-state index is 0.0666. The number of hydrogen-bond donors (Lipinski definition) is 1. The second kappa shape index (κ2) is 8.05. The van der Waals surface area contributed by atoms with Crippen LogP contribution in [0.2, 0.25) is 0 Å². The van der Waals surface area contributed by atoms with Crippen molar-refractivity contribution in [2.24, 2.45) is 11.7 Å². The molecule has 1 unspecified atom stereocenters. The number of carbonyl (C=O) groups excluding carboxylic acids is 1. The summed E-state index contributed by atoms with van der Waals surface area (Å²) < 4.78 is 0. The Bertz CT molecular complexity index is 403. The van der Waals surface area contributed by atoms with Crippen molar-refractivity contribution in [2.45, 2.75) is 59.2 Å². The van der Waals surface area contributed by atoms with Crippen molar-refractivity contribution in [1.82, 2.24) is 4.90 Å². The number of amides is 1. The first-order valence-electron chi connectivity index (χ1n) is 7.55. The van der Waals surface area contributed by atoms with Crippen molar-refractivity contribution >= 4 is 5.91 Å². The lowest BCUT2D eigenvalue weighted by molar-refractivity contribution is -0.135. The molecule has 0 fully saturated rings. The Balaban J connectivity index is 2.81. The molecule has 1 rings (SSSR count). The molecular formula is C17H28N2O. The summed E-state index contributed by atoms with van der Waals surface area (Å²) in [5.74, 6) is 0.501. The quantitative estimate of drug-likeness (QED) is 0.831. The highest BCUT2D eigenvalue weighted by atomic mass is 16.2. The fraction of sp³-hybridized carbons (Fsp3) is 0.588. The number of rotatable bonds is 7. The van der Waals surface area contributed by atoms with Crippen molar-refractivity contribution in [3.63, 3.8) is 0 Å². The Morgan fingerprint density at radius 3 is 2.30 bits per heavy atom. The van der Waals surface area contributed by atoms with Gasteiger partial charge in [-0.3, -0.25) is 4.79 Å². The third-order valence-electron chi connectivity index (χ3n) is 3.64. The average Bonchev–Trinajstić information content (AvgIpc) is 2.43. The first-order valence-corrected chi connectivity index (χ1v) is 7.55. The monoisotopic (exact) mass is 276 g/mol. The lowest BCUT2D eigenvalue weighted by atomic mass is 10.0. The maximum absolute atomic E-state index is 12.6. The van der Waals surface area contributed by atoms with Crippen LogP contribution in [-0.2, 0) is 11.3 Å². The zero-order valence-corrected chi connectivity index (χ0v) is 13.2. The van der Waals surface area contributed by atoms with Crippen molar-refractivity contribution < 1.29 is 4.79 Å². The van der Waals surface area contributed by atoms with E-state index in [1.54, 1.807) is 0 Å². The van der Waals surface area contributed by atoms with E-state index in [0.717, 1.165) is 18.4 Å². The zero-order valence-electron chi connectivity index (χ0n) is 13.2. The van der Waals surface area contributed by atoms with E-state index in [1.807, 2.05) is 23.1 Å². The summed E-state index contributed by atoms with van der Waals surface area (Å²) in [6.07, 6.45) is 1.67. The van der Waals surface area contributed by atoms with Crippen LogP contribution >= 0.6 is 0 Å². The summed E-state index contributed by atoms with van der Waals surface area (Å²) in [5, 5.41) is 0. The third kappa shape index (κ3) is 4.97. The molecule has 0 aliphatic carbocycles. The van der Waals surface area contributed by atoms with Crippen LogP contribution < -0.4 is 5.73 Å². The fourth-order valence-corrected chi connectivity index (χ4v) is 2.27. The lowest BCUT2D eigenvalue weighted by Gasteiger charge is -2.31. The summed E-state index contributed by atoms with van der Waals surface area (Å²) in [7, 11) is 0. The van der Waals surface area contributed by atoms with Gasteiger partial charge in [0.2, 0.25) is 5.91 Å². The maximum Gasteiger partial charge on any atom is 0.240 e. The SMILES string of the molecule is CCC(C)N(Cc1ccccc1)C(=O)[C@H](N)CC(C)C.